The second kappa shape index (κ2) is 8.74. The molecule has 0 saturated carbocycles. The predicted octanol–water partition coefficient (Wildman–Crippen LogP) is 4.98. The van der Waals surface area contributed by atoms with Crippen LogP contribution in [0.2, 0.25) is 0 Å². The quantitative estimate of drug-likeness (QED) is 0.654. The first-order valence-electron chi connectivity index (χ1n) is 7.65. The van der Waals surface area contributed by atoms with Gasteiger partial charge in [0.1, 0.15) is 4.99 Å². The molecule has 0 spiro atoms. The predicted molar refractivity (Wildman–Crippen MR) is 101 cm³/mol. The van der Waals surface area contributed by atoms with E-state index in [1.165, 1.54) is 18.5 Å². The van der Waals surface area contributed by atoms with Gasteiger partial charge in [-0.25, -0.2) is 0 Å². The lowest BCUT2D eigenvalue weighted by atomic mass is 10.1. The molecule has 1 aromatic rings. The van der Waals surface area contributed by atoms with Crippen molar-refractivity contribution in [2.45, 2.75) is 40.5 Å². The van der Waals surface area contributed by atoms with E-state index in [1.54, 1.807) is 0 Å². The summed E-state index contributed by atoms with van der Waals surface area (Å²) >= 11 is 8.65. The van der Waals surface area contributed by atoms with Crippen molar-refractivity contribution in [3.63, 3.8) is 0 Å². The standard InChI is InChI=1S/C17H27BrN2S/c1-12(2)7-9-20(10-8-13(3)4)14-5-6-15(17(19)21)16(18)11-14/h5-6,11-13H,7-10H2,1-4H3,(H2,19,21). The highest BCUT2D eigenvalue weighted by Gasteiger charge is 2.11. The molecule has 0 amide bonds. The normalized spacial score (nSPS) is 11.2. The van der Waals surface area contributed by atoms with Crippen LogP contribution in [0.5, 0.6) is 0 Å². The van der Waals surface area contributed by atoms with Crippen LogP contribution in [-0.2, 0) is 0 Å². The van der Waals surface area contributed by atoms with Gasteiger partial charge in [0.25, 0.3) is 0 Å². The highest BCUT2D eigenvalue weighted by molar-refractivity contribution is 9.10. The molecule has 0 aliphatic rings. The number of rotatable bonds is 8. The molecule has 0 fully saturated rings. The fraction of sp³-hybridized carbons (Fsp3) is 0.588. The molecule has 0 radical (unpaired) electrons. The van der Waals surface area contributed by atoms with E-state index >= 15 is 0 Å². The van der Waals surface area contributed by atoms with E-state index in [0.717, 1.165) is 23.1 Å². The molecule has 0 unspecified atom stereocenters. The molecule has 0 aliphatic heterocycles. The van der Waals surface area contributed by atoms with Crippen molar-refractivity contribution in [2.75, 3.05) is 18.0 Å². The molecule has 4 heteroatoms. The Labute approximate surface area is 143 Å². The lowest BCUT2D eigenvalue weighted by Gasteiger charge is -2.27. The fourth-order valence-corrected chi connectivity index (χ4v) is 2.99. The van der Waals surface area contributed by atoms with E-state index in [2.05, 4.69) is 60.7 Å². The van der Waals surface area contributed by atoms with Gasteiger partial charge in [-0.3, -0.25) is 0 Å². The van der Waals surface area contributed by atoms with Gasteiger partial charge in [0.2, 0.25) is 0 Å². The minimum absolute atomic E-state index is 0.435. The first-order chi connectivity index (χ1) is 9.81. The first kappa shape index (κ1) is 18.4. The number of nitrogens with zero attached hydrogens (tertiary/aromatic N) is 1. The summed E-state index contributed by atoms with van der Waals surface area (Å²) < 4.78 is 0.978. The molecular weight excluding hydrogens is 344 g/mol. The number of hydrogen-bond donors (Lipinski definition) is 1. The maximum atomic E-state index is 5.73. The molecule has 0 heterocycles. The minimum atomic E-state index is 0.435. The summed E-state index contributed by atoms with van der Waals surface area (Å²) in [5.41, 5.74) is 7.87. The van der Waals surface area contributed by atoms with Crippen LogP contribution in [0.25, 0.3) is 0 Å². The van der Waals surface area contributed by atoms with E-state index in [1.807, 2.05) is 6.07 Å². The smallest absolute Gasteiger partial charge is 0.105 e. The third-order valence-electron chi connectivity index (χ3n) is 3.54. The third-order valence-corrected chi connectivity index (χ3v) is 4.41. The number of thiocarbonyl (C=S) groups is 1. The second-order valence-electron chi connectivity index (χ2n) is 6.38. The largest absolute Gasteiger partial charge is 0.389 e. The summed E-state index contributed by atoms with van der Waals surface area (Å²) in [4.78, 5) is 2.90. The molecule has 1 rings (SSSR count). The van der Waals surface area contributed by atoms with Gasteiger partial charge in [0.05, 0.1) is 0 Å². The molecule has 2 N–H and O–H groups in total. The Hall–Kier alpha value is -0.610. The van der Waals surface area contributed by atoms with E-state index in [-0.39, 0.29) is 0 Å². The maximum Gasteiger partial charge on any atom is 0.105 e. The monoisotopic (exact) mass is 370 g/mol. The fourth-order valence-electron chi connectivity index (χ4n) is 2.10. The summed E-state index contributed by atoms with van der Waals surface area (Å²) in [5.74, 6) is 1.43. The molecule has 21 heavy (non-hydrogen) atoms. The van der Waals surface area contributed by atoms with E-state index in [9.17, 15) is 0 Å². The molecule has 2 nitrogen and oxygen atoms in total. The first-order valence-corrected chi connectivity index (χ1v) is 8.85. The van der Waals surface area contributed by atoms with Gasteiger partial charge in [-0.1, -0.05) is 39.9 Å². The third kappa shape index (κ3) is 6.35. The van der Waals surface area contributed by atoms with Crippen LogP contribution in [0.3, 0.4) is 0 Å². The topological polar surface area (TPSA) is 29.3 Å². The molecule has 0 bridgehead atoms. The van der Waals surface area contributed by atoms with Crippen LogP contribution < -0.4 is 10.6 Å². The molecule has 0 aromatic heterocycles. The maximum absolute atomic E-state index is 5.73. The Morgan fingerprint density at radius 1 is 1.14 bits per heavy atom. The van der Waals surface area contributed by atoms with Crippen LogP contribution in [0, 0.1) is 11.8 Å². The zero-order valence-corrected chi connectivity index (χ0v) is 15.9. The number of benzene rings is 1. The summed E-state index contributed by atoms with van der Waals surface area (Å²) in [7, 11) is 0. The van der Waals surface area contributed by atoms with E-state index < -0.39 is 0 Å². The summed E-state index contributed by atoms with van der Waals surface area (Å²) in [6.45, 7) is 11.3. The van der Waals surface area contributed by atoms with Gasteiger partial charge in [0.15, 0.2) is 0 Å². The number of nitrogens with two attached hydrogens (primary N) is 1. The van der Waals surface area contributed by atoms with Gasteiger partial charge in [-0.05, 0) is 58.8 Å². The van der Waals surface area contributed by atoms with Crippen LogP contribution in [0.1, 0.15) is 46.1 Å². The summed E-state index contributed by atoms with van der Waals surface area (Å²) in [5, 5.41) is 0. The Morgan fingerprint density at radius 3 is 2.05 bits per heavy atom. The SMILES string of the molecule is CC(C)CCN(CCC(C)C)c1ccc(C(N)=S)c(Br)c1. The van der Waals surface area contributed by atoms with Crippen LogP contribution in [-0.4, -0.2) is 18.1 Å². The van der Waals surface area contributed by atoms with Gasteiger partial charge >= 0.3 is 0 Å². The molecule has 1 aromatic carbocycles. The van der Waals surface area contributed by atoms with Gasteiger partial charge in [-0.2, -0.15) is 0 Å². The average Bonchev–Trinajstić information content (AvgIpc) is 2.37. The number of hydrogen-bond acceptors (Lipinski definition) is 2. The van der Waals surface area contributed by atoms with Crippen molar-refractivity contribution in [1.82, 2.24) is 0 Å². The Bertz CT molecular complexity index is 460. The van der Waals surface area contributed by atoms with Gasteiger partial charge in [-0.15, -0.1) is 0 Å². The van der Waals surface area contributed by atoms with Crippen molar-refractivity contribution >= 4 is 38.8 Å². The summed E-state index contributed by atoms with van der Waals surface area (Å²) in [6.07, 6.45) is 2.40. The minimum Gasteiger partial charge on any atom is -0.389 e. The van der Waals surface area contributed by atoms with Crippen molar-refractivity contribution < 1.29 is 0 Å². The Kier molecular flexibility index (Phi) is 7.67. The van der Waals surface area contributed by atoms with Crippen LogP contribution in [0.4, 0.5) is 5.69 Å². The molecule has 0 aliphatic carbocycles. The van der Waals surface area contributed by atoms with E-state index in [0.29, 0.717) is 16.8 Å². The Balaban J connectivity index is 2.90. The van der Waals surface area contributed by atoms with Crippen LogP contribution in [0.15, 0.2) is 22.7 Å². The molecule has 0 atom stereocenters. The lowest BCUT2D eigenvalue weighted by Crippen LogP contribution is -2.27. The highest BCUT2D eigenvalue weighted by Crippen LogP contribution is 2.25. The number of halogens is 1. The molecule has 0 saturated heterocycles. The Morgan fingerprint density at radius 2 is 1.67 bits per heavy atom. The van der Waals surface area contributed by atoms with Crippen molar-refractivity contribution in [2.24, 2.45) is 17.6 Å². The van der Waals surface area contributed by atoms with Crippen molar-refractivity contribution in [3.05, 3.63) is 28.2 Å². The lowest BCUT2D eigenvalue weighted by molar-refractivity contribution is 0.535. The zero-order valence-electron chi connectivity index (χ0n) is 13.5. The van der Waals surface area contributed by atoms with Crippen molar-refractivity contribution in [1.29, 1.82) is 0 Å². The van der Waals surface area contributed by atoms with Gasteiger partial charge < -0.3 is 10.6 Å². The van der Waals surface area contributed by atoms with E-state index in [4.69, 9.17) is 18.0 Å². The highest BCUT2D eigenvalue weighted by atomic mass is 79.9. The van der Waals surface area contributed by atoms with Crippen molar-refractivity contribution in [3.8, 4) is 0 Å². The molecular formula is C17H27BrN2S. The second-order valence-corrected chi connectivity index (χ2v) is 7.67. The number of anilines is 1. The average molecular weight is 371 g/mol. The van der Waals surface area contributed by atoms with Crippen LogP contribution >= 0.6 is 28.1 Å². The zero-order chi connectivity index (χ0) is 16.0. The summed E-state index contributed by atoms with van der Waals surface area (Å²) in [6, 6.07) is 6.27. The van der Waals surface area contributed by atoms with Gasteiger partial charge in [0, 0.05) is 28.8 Å². The molecule has 118 valence electrons.